The second-order valence-corrected chi connectivity index (χ2v) is 4.31. The molecule has 0 aromatic heterocycles. The van der Waals surface area contributed by atoms with Crippen molar-refractivity contribution in [1.82, 2.24) is 0 Å². The second kappa shape index (κ2) is 5.50. The molecule has 0 saturated heterocycles. The van der Waals surface area contributed by atoms with E-state index in [9.17, 15) is 4.79 Å². The summed E-state index contributed by atoms with van der Waals surface area (Å²) < 4.78 is 5.42. The van der Waals surface area contributed by atoms with Gasteiger partial charge >= 0.3 is 5.97 Å². The Balaban J connectivity index is 2.36. The first-order valence-electron chi connectivity index (χ1n) is 5.95. The van der Waals surface area contributed by atoms with Crippen LogP contribution in [-0.4, -0.2) is 5.97 Å². The van der Waals surface area contributed by atoms with Gasteiger partial charge in [0.2, 0.25) is 0 Å². The highest BCUT2D eigenvalue weighted by Crippen LogP contribution is 2.26. The van der Waals surface area contributed by atoms with Crippen LogP contribution in [0, 0.1) is 6.92 Å². The Morgan fingerprint density at radius 3 is 2.06 bits per heavy atom. The number of carbonyl (C=O) groups excluding carboxylic acids is 1. The molecule has 92 valence electrons. The molecule has 0 aliphatic carbocycles. The summed E-state index contributed by atoms with van der Waals surface area (Å²) in [7, 11) is 0. The van der Waals surface area contributed by atoms with Crippen LogP contribution in [-0.2, 0) is 9.53 Å². The summed E-state index contributed by atoms with van der Waals surface area (Å²) in [6.45, 7) is 3.47. The van der Waals surface area contributed by atoms with Gasteiger partial charge in [-0.05, 0) is 18.1 Å². The van der Waals surface area contributed by atoms with Crippen molar-refractivity contribution in [3.63, 3.8) is 0 Å². The van der Waals surface area contributed by atoms with Gasteiger partial charge in [0.1, 0.15) is 0 Å². The maximum atomic E-state index is 11.2. The summed E-state index contributed by atoms with van der Waals surface area (Å²) >= 11 is 0. The van der Waals surface area contributed by atoms with Gasteiger partial charge < -0.3 is 4.74 Å². The molecule has 0 spiro atoms. The number of carbonyl (C=O) groups is 1. The van der Waals surface area contributed by atoms with E-state index in [1.807, 2.05) is 61.5 Å². The number of benzene rings is 2. The molecule has 0 aliphatic heterocycles. The van der Waals surface area contributed by atoms with E-state index in [0.717, 1.165) is 11.1 Å². The fraction of sp³-hybridized carbons (Fsp3) is 0.188. The van der Waals surface area contributed by atoms with Gasteiger partial charge in [0, 0.05) is 6.92 Å². The standard InChI is InChI=1S/C16H16O2/c1-12-8-10-15(11-9-12)16(18-13(2)17)14-6-4-3-5-7-14/h3-11,16H,1-2H3. The molecule has 2 nitrogen and oxygen atoms in total. The van der Waals surface area contributed by atoms with E-state index < -0.39 is 0 Å². The number of hydrogen-bond donors (Lipinski definition) is 0. The fourth-order valence-electron chi connectivity index (χ4n) is 1.86. The summed E-state index contributed by atoms with van der Waals surface area (Å²) in [5, 5.41) is 0. The van der Waals surface area contributed by atoms with Crippen LogP contribution < -0.4 is 0 Å². The molecule has 1 unspecified atom stereocenters. The first-order valence-corrected chi connectivity index (χ1v) is 5.95. The lowest BCUT2D eigenvalue weighted by molar-refractivity contribution is -0.144. The molecular formula is C16H16O2. The Bertz CT molecular complexity index is 515. The number of ether oxygens (including phenoxy) is 1. The maximum Gasteiger partial charge on any atom is 0.303 e. The molecule has 0 N–H and O–H groups in total. The lowest BCUT2D eigenvalue weighted by Crippen LogP contribution is -2.09. The van der Waals surface area contributed by atoms with E-state index in [2.05, 4.69) is 0 Å². The molecule has 0 bridgehead atoms. The van der Waals surface area contributed by atoms with Crippen molar-refractivity contribution in [1.29, 1.82) is 0 Å². The Kier molecular flexibility index (Phi) is 3.78. The third-order valence-corrected chi connectivity index (χ3v) is 2.77. The number of hydrogen-bond acceptors (Lipinski definition) is 2. The zero-order valence-electron chi connectivity index (χ0n) is 10.6. The van der Waals surface area contributed by atoms with E-state index in [0.29, 0.717) is 0 Å². The van der Waals surface area contributed by atoms with Crippen LogP contribution >= 0.6 is 0 Å². The predicted octanol–water partition coefficient (Wildman–Crippen LogP) is 3.65. The second-order valence-electron chi connectivity index (χ2n) is 4.31. The van der Waals surface area contributed by atoms with Gasteiger partial charge in [0.25, 0.3) is 0 Å². The molecule has 2 aromatic rings. The van der Waals surface area contributed by atoms with Crippen LogP contribution in [0.3, 0.4) is 0 Å². The molecule has 0 heterocycles. The minimum Gasteiger partial charge on any atom is -0.453 e. The van der Waals surface area contributed by atoms with Crippen LogP contribution in [0.15, 0.2) is 54.6 Å². The molecule has 1 atom stereocenters. The Morgan fingerprint density at radius 1 is 0.944 bits per heavy atom. The zero-order valence-corrected chi connectivity index (χ0v) is 10.6. The summed E-state index contributed by atoms with van der Waals surface area (Å²) in [6, 6.07) is 17.8. The SMILES string of the molecule is CC(=O)OC(c1ccccc1)c1ccc(C)cc1. The van der Waals surface area contributed by atoms with E-state index in [-0.39, 0.29) is 12.1 Å². The smallest absolute Gasteiger partial charge is 0.303 e. The highest BCUT2D eigenvalue weighted by Gasteiger charge is 2.16. The van der Waals surface area contributed by atoms with Crippen molar-refractivity contribution in [2.45, 2.75) is 20.0 Å². The molecule has 18 heavy (non-hydrogen) atoms. The van der Waals surface area contributed by atoms with Gasteiger partial charge in [-0.15, -0.1) is 0 Å². The molecular weight excluding hydrogens is 224 g/mol. The third-order valence-electron chi connectivity index (χ3n) is 2.77. The van der Waals surface area contributed by atoms with Gasteiger partial charge in [-0.3, -0.25) is 4.79 Å². The molecule has 0 saturated carbocycles. The van der Waals surface area contributed by atoms with Crippen molar-refractivity contribution in [3.8, 4) is 0 Å². The quantitative estimate of drug-likeness (QED) is 0.765. The van der Waals surface area contributed by atoms with Gasteiger partial charge in [-0.2, -0.15) is 0 Å². The van der Waals surface area contributed by atoms with Crippen molar-refractivity contribution in [2.24, 2.45) is 0 Å². The van der Waals surface area contributed by atoms with Crippen LogP contribution in [0.5, 0.6) is 0 Å². The van der Waals surface area contributed by atoms with E-state index in [1.165, 1.54) is 12.5 Å². The van der Waals surface area contributed by atoms with E-state index in [1.54, 1.807) is 0 Å². The van der Waals surface area contributed by atoms with Gasteiger partial charge in [0.15, 0.2) is 6.10 Å². The Morgan fingerprint density at radius 2 is 1.50 bits per heavy atom. The normalized spacial score (nSPS) is 11.9. The highest BCUT2D eigenvalue weighted by atomic mass is 16.5. The van der Waals surface area contributed by atoms with Gasteiger partial charge in [0.05, 0.1) is 0 Å². The van der Waals surface area contributed by atoms with Gasteiger partial charge in [-0.1, -0.05) is 60.2 Å². The molecule has 2 rings (SSSR count). The average molecular weight is 240 g/mol. The lowest BCUT2D eigenvalue weighted by Gasteiger charge is -2.18. The van der Waals surface area contributed by atoms with Crippen LogP contribution in [0.2, 0.25) is 0 Å². The van der Waals surface area contributed by atoms with Crippen LogP contribution in [0.4, 0.5) is 0 Å². The Hall–Kier alpha value is -2.09. The van der Waals surface area contributed by atoms with Crippen LogP contribution in [0.1, 0.15) is 29.7 Å². The van der Waals surface area contributed by atoms with E-state index >= 15 is 0 Å². The summed E-state index contributed by atoms with van der Waals surface area (Å²) in [4.78, 5) is 11.2. The lowest BCUT2D eigenvalue weighted by atomic mass is 10.0. The van der Waals surface area contributed by atoms with Crippen LogP contribution in [0.25, 0.3) is 0 Å². The van der Waals surface area contributed by atoms with Crippen molar-refractivity contribution in [2.75, 3.05) is 0 Å². The highest BCUT2D eigenvalue weighted by molar-refractivity contribution is 5.66. The summed E-state index contributed by atoms with van der Waals surface area (Å²) in [6.07, 6.45) is -0.329. The number of esters is 1. The topological polar surface area (TPSA) is 26.3 Å². The minimum atomic E-state index is -0.329. The number of rotatable bonds is 3. The van der Waals surface area contributed by atoms with Crippen molar-refractivity contribution >= 4 is 5.97 Å². The largest absolute Gasteiger partial charge is 0.453 e. The van der Waals surface area contributed by atoms with Gasteiger partial charge in [-0.25, -0.2) is 0 Å². The third kappa shape index (κ3) is 2.98. The first kappa shape index (κ1) is 12.4. The zero-order chi connectivity index (χ0) is 13.0. The summed E-state index contributed by atoms with van der Waals surface area (Å²) in [5.74, 6) is -0.274. The predicted molar refractivity (Wildman–Crippen MR) is 71.2 cm³/mol. The summed E-state index contributed by atoms with van der Waals surface area (Å²) in [5.41, 5.74) is 3.16. The first-order chi connectivity index (χ1) is 8.66. The molecule has 0 amide bonds. The van der Waals surface area contributed by atoms with Crippen molar-refractivity contribution < 1.29 is 9.53 Å². The molecule has 0 radical (unpaired) electrons. The van der Waals surface area contributed by atoms with Crippen molar-refractivity contribution in [3.05, 3.63) is 71.3 Å². The molecule has 0 fully saturated rings. The average Bonchev–Trinajstić information content (AvgIpc) is 2.38. The number of aryl methyl sites for hydroxylation is 1. The maximum absolute atomic E-state index is 11.2. The Labute approximate surface area is 107 Å². The minimum absolute atomic E-state index is 0.274. The molecule has 2 heteroatoms. The molecule has 2 aromatic carbocycles. The fourth-order valence-corrected chi connectivity index (χ4v) is 1.86. The van der Waals surface area contributed by atoms with E-state index in [4.69, 9.17) is 4.74 Å². The monoisotopic (exact) mass is 240 g/mol. The molecule has 0 aliphatic rings.